The van der Waals surface area contributed by atoms with Crippen molar-refractivity contribution < 1.29 is 17.9 Å². The minimum atomic E-state index is -4.80. The second-order valence-corrected chi connectivity index (χ2v) is 3.32. The van der Waals surface area contributed by atoms with Crippen LogP contribution in [0.15, 0.2) is 18.2 Å². The highest BCUT2D eigenvalue weighted by Gasteiger charge is 2.32. The monoisotopic (exact) mass is 228 g/mol. The zero-order valence-corrected chi connectivity index (χ0v) is 8.51. The van der Waals surface area contributed by atoms with Crippen molar-refractivity contribution in [3.63, 3.8) is 0 Å². The zero-order chi connectivity index (χ0) is 12.3. The summed E-state index contributed by atoms with van der Waals surface area (Å²) in [6.07, 6.45) is -4.80. The van der Waals surface area contributed by atoms with Gasteiger partial charge in [-0.2, -0.15) is 5.26 Å². The van der Waals surface area contributed by atoms with Gasteiger partial charge in [0.1, 0.15) is 11.8 Å². The molecular weight excluding hydrogens is 219 g/mol. The van der Waals surface area contributed by atoms with E-state index in [0.29, 0.717) is 5.56 Å². The Morgan fingerprint density at radius 3 is 2.50 bits per heavy atom. The maximum atomic E-state index is 12.0. The molecule has 0 heterocycles. The SMILES string of the molecule is [CH2]C(C)c1ccc(C#N)c(OC(F)(F)F)c1. The van der Waals surface area contributed by atoms with E-state index in [0.717, 1.165) is 0 Å². The molecule has 1 rings (SSSR count). The molecule has 0 bridgehead atoms. The van der Waals surface area contributed by atoms with E-state index in [1.54, 1.807) is 19.1 Å². The van der Waals surface area contributed by atoms with Crippen LogP contribution in [0.2, 0.25) is 0 Å². The molecule has 1 radical (unpaired) electrons. The predicted octanol–water partition coefficient (Wildman–Crippen LogP) is 3.39. The quantitative estimate of drug-likeness (QED) is 0.777. The smallest absolute Gasteiger partial charge is 0.404 e. The van der Waals surface area contributed by atoms with Crippen molar-refractivity contribution in [1.82, 2.24) is 0 Å². The van der Waals surface area contributed by atoms with Crippen LogP contribution in [-0.4, -0.2) is 6.36 Å². The van der Waals surface area contributed by atoms with Crippen molar-refractivity contribution in [1.29, 1.82) is 5.26 Å². The van der Waals surface area contributed by atoms with E-state index < -0.39 is 12.1 Å². The number of alkyl halides is 3. The first kappa shape index (κ1) is 12.4. The first-order valence-corrected chi connectivity index (χ1v) is 4.46. The highest BCUT2D eigenvalue weighted by atomic mass is 19.4. The van der Waals surface area contributed by atoms with Gasteiger partial charge in [-0.25, -0.2) is 0 Å². The van der Waals surface area contributed by atoms with Crippen molar-refractivity contribution >= 4 is 0 Å². The fourth-order valence-electron chi connectivity index (χ4n) is 1.15. The Morgan fingerprint density at radius 2 is 2.06 bits per heavy atom. The van der Waals surface area contributed by atoms with Gasteiger partial charge < -0.3 is 4.74 Å². The van der Waals surface area contributed by atoms with Crippen molar-refractivity contribution in [2.45, 2.75) is 19.2 Å². The molecule has 1 unspecified atom stereocenters. The van der Waals surface area contributed by atoms with Gasteiger partial charge in [-0.3, -0.25) is 0 Å². The second kappa shape index (κ2) is 4.44. The molecule has 1 aromatic carbocycles. The maximum Gasteiger partial charge on any atom is 0.573 e. The summed E-state index contributed by atoms with van der Waals surface area (Å²) in [5, 5.41) is 8.63. The number of ether oxygens (including phenoxy) is 1. The lowest BCUT2D eigenvalue weighted by Crippen LogP contribution is -2.18. The van der Waals surface area contributed by atoms with Crippen LogP contribution in [0.25, 0.3) is 0 Å². The molecule has 0 fully saturated rings. The van der Waals surface area contributed by atoms with Crippen LogP contribution in [0.5, 0.6) is 5.75 Å². The molecule has 5 heteroatoms. The Kier molecular flexibility index (Phi) is 3.43. The predicted molar refractivity (Wildman–Crippen MR) is 51.6 cm³/mol. The Balaban J connectivity index is 3.14. The number of benzene rings is 1. The van der Waals surface area contributed by atoms with Crippen molar-refractivity contribution in [2.75, 3.05) is 0 Å². The van der Waals surface area contributed by atoms with Crippen molar-refractivity contribution in [3.8, 4) is 11.8 Å². The summed E-state index contributed by atoms with van der Waals surface area (Å²) in [4.78, 5) is 0. The molecule has 0 aliphatic carbocycles. The summed E-state index contributed by atoms with van der Waals surface area (Å²) in [5.41, 5.74) is 0.431. The van der Waals surface area contributed by atoms with E-state index in [1.165, 1.54) is 12.1 Å². The van der Waals surface area contributed by atoms with Crippen LogP contribution in [0, 0.1) is 18.3 Å². The summed E-state index contributed by atoms with van der Waals surface area (Å²) in [6, 6.07) is 5.67. The van der Waals surface area contributed by atoms with Crippen LogP contribution in [-0.2, 0) is 0 Å². The molecule has 0 N–H and O–H groups in total. The standard InChI is InChI=1S/C11H9F3NO/c1-7(2)8-3-4-9(6-15)10(5-8)16-11(12,13)14/h3-5,7H,1H2,2H3. The van der Waals surface area contributed by atoms with Crippen molar-refractivity contribution in [3.05, 3.63) is 36.2 Å². The van der Waals surface area contributed by atoms with Gasteiger partial charge in [-0.1, -0.05) is 13.0 Å². The van der Waals surface area contributed by atoms with Gasteiger partial charge in [-0.15, -0.1) is 13.2 Å². The lowest BCUT2D eigenvalue weighted by molar-refractivity contribution is -0.274. The number of hydrogen-bond donors (Lipinski definition) is 0. The summed E-state index contributed by atoms with van der Waals surface area (Å²) in [7, 11) is 0. The minimum absolute atomic E-state index is 0.151. The summed E-state index contributed by atoms with van der Waals surface area (Å²) >= 11 is 0. The first-order valence-electron chi connectivity index (χ1n) is 4.46. The summed E-state index contributed by atoms with van der Waals surface area (Å²) in [6.45, 7) is 5.42. The van der Waals surface area contributed by atoms with Gasteiger partial charge in [0.2, 0.25) is 0 Å². The Labute approximate surface area is 91.3 Å². The molecule has 0 amide bonds. The van der Waals surface area contributed by atoms with E-state index in [2.05, 4.69) is 11.7 Å². The molecular formula is C11H9F3NO. The van der Waals surface area contributed by atoms with E-state index in [1.807, 2.05) is 0 Å². The second-order valence-electron chi connectivity index (χ2n) is 3.32. The molecule has 1 aromatic rings. The molecule has 0 spiro atoms. The Morgan fingerprint density at radius 1 is 1.44 bits per heavy atom. The maximum absolute atomic E-state index is 12.0. The van der Waals surface area contributed by atoms with E-state index >= 15 is 0 Å². The fourth-order valence-corrected chi connectivity index (χ4v) is 1.15. The molecule has 85 valence electrons. The average Bonchev–Trinajstić information content (AvgIpc) is 2.15. The normalized spacial score (nSPS) is 11.3. The summed E-state index contributed by atoms with van der Waals surface area (Å²) in [5.74, 6) is -0.661. The third-order valence-electron chi connectivity index (χ3n) is 1.92. The van der Waals surface area contributed by atoms with Gasteiger partial charge in [0.05, 0.1) is 5.56 Å². The number of hydrogen-bond acceptors (Lipinski definition) is 2. The molecule has 2 nitrogen and oxygen atoms in total. The van der Waals surface area contributed by atoms with Crippen LogP contribution in [0.1, 0.15) is 24.0 Å². The Bertz CT molecular complexity index is 418. The Hall–Kier alpha value is -1.70. The minimum Gasteiger partial charge on any atom is -0.404 e. The van der Waals surface area contributed by atoms with Crippen LogP contribution < -0.4 is 4.74 Å². The third-order valence-corrected chi connectivity index (χ3v) is 1.92. The number of halogens is 3. The van der Waals surface area contributed by atoms with Crippen LogP contribution in [0.4, 0.5) is 13.2 Å². The molecule has 0 aliphatic rings. The van der Waals surface area contributed by atoms with Gasteiger partial charge >= 0.3 is 6.36 Å². The average molecular weight is 228 g/mol. The molecule has 1 atom stereocenters. The first-order chi connectivity index (χ1) is 7.33. The molecule has 16 heavy (non-hydrogen) atoms. The zero-order valence-electron chi connectivity index (χ0n) is 8.51. The largest absolute Gasteiger partial charge is 0.573 e. The van der Waals surface area contributed by atoms with E-state index in [-0.39, 0.29) is 11.5 Å². The van der Waals surface area contributed by atoms with Crippen molar-refractivity contribution in [2.24, 2.45) is 0 Å². The number of rotatable bonds is 2. The highest BCUT2D eigenvalue weighted by Crippen LogP contribution is 2.29. The molecule has 0 saturated carbocycles. The van der Waals surface area contributed by atoms with Gasteiger partial charge in [-0.05, 0) is 30.5 Å². The number of nitriles is 1. The van der Waals surface area contributed by atoms with E-state index in [4.69, 9.17) is 5.26 Å². The lowest BCUT2D eigenvalue weighted by atomic mass is 10.0. The number of nitrogens with zero attached hydrogens (tertiary/aromatic N) is 1. The van der Waals surface area contributed by atoms with Crippen LogP contribution in [0.3, 0.4) is 0 Å². The van der Waals surface area contributed by atoms with Gasteiger partial charge in [0.15, 0.2) is 0 Å². The lowest BCUT2D eigenvalue weighted by Gasteiger charge is -2.12. The highest BCUT2D eigenvalue weighted by molar-refractivity contribution is 5.46. The summed E-state index contributed by atoms with van der Waals surface area (Å²) < 4.78 is 39.9. The molecule has 0 aliphatic heterocycles. The van der Waals surface area contributed by atoms with E-state index in [9.17, 15) is 13.2 Å². The third kappa shape index (κ3) is 3.16. The molecule has 0 saturated heterocycles. The fraction of sp³-hybridized carbons (Fsp3) is 0.273. The molecule has 0 aromatic heterocycles. The van der Waals surface area contributed by atoms with Gasteiger partial charge in [0.25, 0.3) is 0 Å². The van der Waals surface area contributed by atoms with Crippen LogP contribution >= 0.6 is 0 Å². The topological polar surface area (TPSA) is 33.0 Å². The van der Waals surface area contributed by atoms with Gasteiger partial charge in [0, 0.05) is 0 Å².